The fourth-order valence-electron chi connectivity index (χ4n) is 6.50. The molecule has 224 valence electrons. The molecule has 1 amide bonds. The van der Waals surface area contributed by atoms with Gasteiger partial charge in [-0.3, -0.25) is 4.79 Å². The molecule has 1 aromatic heterocycles. The molecule has 11 heteroatoms. The number of aromatic hydroxyl groups is 2. The molecular weight excluding hydrogens is 642 g/mol. The van der Waals surface area contributed by atoms with Gasteiger partial charge in [-0.1, -0.05) is 39.3 Å². The summed E-state index contributed by atoms with van der Waals surface area (Å²) in [5.74, 6) is 0.862. The number of nitrogens with zero attached hydrogens (tertiary/aromatic N) is 3. The van der Waals surface area contributed by atoms with Crippen molar-refractivity contribution in [1.29, 1.82) is 0 Å². The number of benzene rings is 4. The van der Waals surface area contributed by atoms with Crippen LogP contribution in [0, 0.1) is 0 Å². The number of carbonyl (C=O) groups is 2. The maximum absolute atomic E-state index is 13.7. The number of esters is 1. The first-order valence-corrected chi connectivity index (χ1v) is 15.2. The van der Waals surface area contributed by atoms with Crippen LogP contribution in [-0.2, 0) is 10.3 Å². The second-order valence-corrected chi connectivity index (χ2v) is 12.2. The zero-order chi connectivity index (χ0) is 30.9. The van der Waals surface area contributed by atoms with Crippen LogP contribution in [0.15, 0.2) is 87.9 Å². The second-order valence-electron chi connectivity index (χ2n) is 11.3. The Hall–Kier alpha value is -5.16. The number of phenolic OH excluding ortho intramolecular Hbond substituents is 2. The number of halogens is 1. The third kappa shape index (κ3) is 4.29. The van der Waals surface area contributed by atoms with Crippen LogP contribution >= 0.6 is 15.9 Å². The summed E-state index contributed by atoms with van der Waals surface area (Å²) >= 11 is 3.53. The van der Waals surface area contributed by atoms with Crippen LogP contribution in [0.5, 0.6) is 23.0 Å². The van der Waals surface area contributed by atoms with Gasteiger partial charge in [-0.05, 0) is 61.4 Å². The van der Waals surface area contributed by atoms with Gasteiger partial charge in [0.1, 0.15) is 23.0 Å². The van der Waals surface area contributed by atoms with Gasteiger partial charge in [0.15, 0.2) is 5.60 Å². The molecule has 3 aliphatic heterocycles. The van der Waals surface area contributed by atoms with Gasteiger partial charge in [0, 0.05) is 63.4 Å². The van der Waals surface area contributed by atoms with Gasteiger partial charge in [0.05, 0.1) is 5.56 Å². The summed E-state index contributed by atoms with van der Waals surface area (Å²) in [4.78, 5) is 33.5. The summed E-state index contributed by atoms with van der Waals surface area (Å²) < 4.78 is 18.6. The minimum atomic E-state index is -1.38. The van der Waals surface area contributed by atoms with E-state index in [4.69, 9.17) is 14.0 Å². The number of amides is 1. The van der Waals surface area contributed by atoms with Crippen LogP contribution in [0.1, 0.15) is 62.1 Å². The lowest BCUT2D eigenvalue weighted by Gasteiger charge is -2.36. The van der Waals surface area contributed by atoms with Gasteiger partial charge in [-0.2, -0.15) is 4.98 Å². The molecule has 0 radical (unpaired) electrons. The van der Waals surface area contributed by atoms with Crippen molar-refractivity contribution >= 4 is 27.8 Å². The van der Waals surface area contributed by atoms with Gasteiger partial charge in [-0.15, -0.1) is 0 Å². The number of rotatable bonds is 3. The number of hydrogen-bond acceptors (Lipinski definition) is 9. The lowest BCUT2D eigenvalue weighted by molar-refractivity contribution is 0.0224. The van der Waals surface area contributed by atoms with Crippen molar-refractivity contribution in [2.24, 2.45) is 0 Å². The first-order valence-electron chi connectivity index (χ1n) is 14.4. The molecule has 2 N–H and O–H groups in total. The van der Waals surface area contributed by atoms with E-state index in [1.165, 1.54) is 24.3 Å². The fourth-order valence-corrected chi connectivity index (χ4v) is 6.97. The van der Waals surface area contributed by atoms with E-state index in [1.54, 1.807) is 35.2 Å². The zero-order valence-electron chi connectivity index (χ0n) is 23.6. The number of likely N-dealkylation sites (tertiary alicyclic amines) is 1. The van der Waals surface area contributed by atoms with Crippen LogP contribution in [-0.4, -0.2) is 50.2 Å². The lowest BCUT2D eigenvalue weighted by atomic mass is 9.77. The molecular formula is C34H24BrN3O7. The molecule has 0 aliphatic carbocycles. The van der Waals surface area contributed by atoms with Crippen molar-refractivity contribution in [2.75, 3.05) is 13.1 Å². The molecule has 1 spiro atoms. The monoisotopic (exact) mass is 665 g/mol. The molecule has 0 atom stereocenters. The van der Waals surface area contributed by atoms with Crippen LogP contribution in [0.3, 0.4) is 0 Å². The van der Waals surface area contributed by atoms with E-state index in [2.05, 4.69) is 26.1 Å². The molecule has 10 nitrogen and oxygen atoms in total. The molecule has 45 heavy (non-hydrogen) atoms. The molecule has 8 rings (SSSR count). The quantitative estimate of drug-likeness (QED) is 0.207. The minimum absolute atomic E-state index is 0.0226. The topological polar surface area (TPSA) is 135 Å². The predicted octanol–water partition coefficient (Wildman–Crippen LogP) is 6.50. The molecule has 3 aliphatic rings. The largest absolute Gasteiger partial charge is 0.508 e. The first-order chi connectivity index (χ1) is 21.8. The van der Waals surface area contributed by atoms with Gasteiger partial charge >= 0.3 is 5.97 Å². The van der Waals surface area contributed by atoms with Crippen molar-refractivity contribution in [3.8, 4) is 34.4 Å². The Morgan fingerprint density at radius 1 is 0.867 bits per heavy atom. The molecule has 0 saturated carbocycles. The molecule has 4 aromatic carbocycles. The highest BCUT2D eigenvalue weighted by atomic mass is 79.9. The maximum Gasteiger partial charge on any atom is 0.340 e. The Morgan fingerprint density at radius 3 is 2.22 bits per heavy atom. The zero-order valence-corrected chi connectivity index (χ0v) is 25.2. The Bertz CT molecular complexity index is 1980. The van der Waals surface area contributed by atoms with Crippen LogP contribution in [0.4, 0.5) is 0 Å². The Balaban J connectivity index is 1.06. The first kappa shape index (κ1) is 27.4. The van der Waals surface area contributed by atoms with E-state index in [1.807, 2.05) is 24.3 Å². The van der Waals surface area contributed by atoms with Crippen molar-refractivity contribution in [3.63, 3.8) is 0 Å². The third-order valence-electron chi connectivity index (χ3n) is 8.71. The van der Waals surface area contributed by atoms with Crippen molar-refractivity contribution < 1.29 is 33.8 Å². The highest BCUT2D eigenvalue weighted by Gasteiger charge is 2.54. The molecule has 0 unspecified atom stereocenters. The smallest absolute Gasteiger partial charge is 0.340 e. The number of ether oxygens (including phenoxy) is 2. The minimum Gasteiger partial charge on any atom is -0.508 e. The van der Waals surface area contributed by atoms with E-state index in [0.29, 0.717) is 71.4 Å². The van der Waals surface area contributed by atoms with Crippen LogP contribution in [0.25, 0.3) is 11.4 Å². The maximum atomic E-state index is 13.7. The van der Waals surface area contributed by atoms with E-state index in [0.717, 1.165) is 10.0 Å². The number of piperidine rings is 1. The summed E-state index contributed by atoms with van der Waals surface area (Å²) in [6.07, 6.45) is 1.32. The summed E-state index contributed by atoms with van der Waals surface area (Å²) in [7, 11) is 0. The Morgan fingerprint density at radius 2 is 1.53 bits per heavy atom. The average Bonchev–Trinajstić information content (AvgIpc) is 3.64. The van der Waals surface area contributed by atoms with Crippen molar-refractivity contribution in [3.05, 3.63) is 117 Å². The number of fused-ring (bicyclic) bond motifs is 6. The van der Waals surface area contributed by atoms with E-state index >= 15 is 0 Å². The summed E-state index contributed by atoms with van der Waals surface area (Å²) in [6.45, 7) is 0.986. The van der Waals surface area contributed by atoms with E-state index < -0.39 is 11.6 Å². The second kappa shape index (κ2) is 10.2. The fraction of sp³-hybridized carbons (Fsp3) is 0.176. The van der Waals surface area contributed by atoms with Crippen LogP contribution < -0.4 is 4.74 Å². The summed E-state index contributed by atoms with van der Waals surface area (Å²) in [6, 6.07) is 21.9. The number of hydrogen-bond donors (Lipinski definition) is 2. The van der Waals surface area contributed by atoms with E-state index in [-0.39, 0.29) is 28.9 Å². The standard InChI is InChI=1S/C34H24BrN3O7/c35-27-4-2-1-3-22(27)30-36-31(45-37-30)18-11-13-38(14-12-18)32(41)19-5-8-24-23(15-19)33(42)44-34(24)25-9-6-20(39)16-28(25)43-29-17-21(40)7-10-26(29)34/h1-10,15-18,39-40H,11-14H2. The molecule has 4 heterocycles. The molecule has 1 fully saturated rings. The highest BCUT2D eigenvalue weighted by molar-refractivity contribution is 9.10. The summed E-state index contributed by atoms with van der Waals surface area (Å²) in [5.41, 5.74) is 1.70. The third-order valence-corrected chi connectivity index (χ3v) is 9.40. The Labute approximate surface area is 265 Å². The molecule has 5 aromatic rings. The Kier molecular flexibility index (Phi) is 6.21. The predicted molar refractivity (Wildman–Crippen MR) is 163 cm³/mol. The number of aromatic nitrogens is 2. The van der Waals surface area contributed by atoms with Gasteiger partial charge in [0.25, 0.3) is 5.91 Å². The normalized spacial score (nSPS) is 16.5. The molecule has 1 saturated heterocycles. The highest BCUT2D eigenvalue weighted by Crippen LogP contribution is 2.57. The van der Waals surface area contributed by atoms with E-state index in [9.17, 15) is 19.8 Å². The molecule has 0 bridgehead atoms. The van der Waals surface area contributed by atoms with Crippen molar-refractivity contribution in [2.45, 2.75) is 24.4 Å². The number of carbonyl (C=O) groups excluding carboxylic acids is 2. The SMILES string of the molecule is O=C1OC2(c3ccc(O)cc3Oc3cc(O)ccc32)c2ccc(C(=O)N3CCC(c4nc(-c5ccccc5Br)no4)CC3)cc21. The van der Waals surface area contributed by atoms with Crippen molar-refractivity contribution in [1.82, 2.24) is 15.0 Å². The van der Waals surface area contributed by atoms with Gasteiger partial charge in [0.2, 0.25) is 11.7 Å². The lowest BCUT2D eigenvalue weighted by Crippen LogP contribution is -2.38. The van der Waals surface area contributed by atoms with Gasteiger partial charge in [-0.25, -0.2) is 4.79 Å². The van der Waals surface area contributed by atoms with Gasteiger partial charge < -0.3 is 29.1 Å². The van der Waals surface area contributed by atoms with Crippen LogP contribution in [0.2, 0.25) is 0 Å². The average molecular weight is 666 g/mol. The number of phenols is 2. The summed E-state index contributed by atoms with van der Waals surface area (Å²) in [5, 5.41) is 24.4.